The van der Waals surface area contributed by atoms with Crippen LogP contribution in [0.15, 0.2) is 28.8 Å². The summed E-state index contributed by atoms with van der Waals surface area (Å²) in [6.45, 7) is 5.41. The lowest BCUT2D eigenvalue weighted by Gasteiger charge is -2.38. The van der Waals surface area contributed by atoms with Crippen LogP contribution in [0.5, 0.6) is 5.75 Å². The van der Waals surface area contributed by atoms with Crippen molar-refractivity contribution in [2.24, 2.45) is 5.92 Å². The lowest BCUT2D eigenvalue weighted by atomic mass is 10.0. The number of amides is 1. The van der Waals surface area contributed by atoms with Crippen molar-refractivity contribution in [3.05, 3.63) is 30.2 Å². The number of carbonyl (C=O) groups is 1. The van der Waals surface area contributed by atoms with E-state index in [1.54, 1.807) is 7.11 Å². The molecule has 8 nitrogen and oxygen atoms in total. The summed E-state index contributed by atoms with van der Waals surface area (Å²) in [6.07, 6.45) is 0. The van der Waals surface area contributed by atoms with Crippen LogP contribution < -0.4 is 10.1 Å². The average molecular weight is 357 g/mol. The topological polar surface area (TPSA) is 83.7 Å². The SMILES string of the molecule is COc1ccc(-c2noc(CN3CCN(C(=O)C4CNC4)CC3)n2)cc1. The van der Waals surface area contributed by atoms with Crippen LogP contribution in [-0.4, -0.2) is 72.2 Å². The van der Waals surface area contributed by atoms with E-state index in [1.807, 2.05) is 29.2 Å². The molecule has 0 unspecified atom stereocenters. The van der Waals surface area contributed by atoms with Crippen molar-refractivity contribution in [1.82, 2.24) is 25.3 Å². The van der Waals surface area contributed by atoms with Gasteiger partial charge in [-0.1, -0.05) is 5.16 Å². The van der Waals surface area contributed by atoms with Gasteiger partial charge in [-0.05, 0) is 24.3 Å². The smallest absolute Gasteiger partial charge is 0.241 e. The van der Waals surface area contributed by atoms with E-state index in [9.17, 15) is 4.79 Å². The van der Waals surface area contributed by atoms with Gasteiger partial charge in [-0.2, -0.15) is 4.98 Å². The summed E-state index contributed by atoms with van der Waals surface area (Å²) in [5, 5.41) is 7.22. The van der Waals surface area contributed by atoms with Crippen LogP contribution in [0.25, 0.3) is 11.4 Å². The van der Waals surface area contributed by atoms with Crippen LogP contribution in [0.3, 0.4) is 0 Å². The van der Waals surface area contributed by atoms with E-state index in [-0.39, 0.29) is 11.8 Å². The molecule has 1 amide bonds. The van der Waals surface area contributed by atoms with Crippen LogP contribution >= 0.6 is 0 Å². The van der Waals surface area contributed by atoms with E-state index < -0.39 is 0 Å². The van der Waals surface area contributed by atoms with Crippen LogP contribution in [0.1, 0.15) is 5.89 Å². The summed E-state index contributed by atoms with van der Waals surface area (Å²) in [4.78, 5) is 21.0. The molecule has 2 aromatic rings. The molecule has 8 heteroatoms. The van der Waals surface area contributed by atoms with Crippen molar-refractivity contribution in [2.45, 2.75) is 6.54 Å². The zero-order valence-corrected chi connectivity index (χ0v) is 14.9. The van der Waals surface area contributed by atoms with Crippen LogP contribution in [0.4, 0.5) is 0 Å². The molecule has 2 aliphatic heterocycles. The predicted octanol–water partition coefficient (Wildman–Crippen LogP) is 0.609. The third-order valence-electron chi connectivity index (χ3n) is 4.99. The van der Waals surface area contributed by atoms with E-state index in [2.05, 4.69) is 20.4 Å². The number of nitrogens with zero attached hydrogens (tertiary/aromatic N) is 4. The molecular weight excluding hydrogens is 334 g/mol. The monoisotopic (exact) mass is 357 g/mol. The van der Waals surface area contributed by atoms with Crippen molar-refractivity contribution in [1.29, 1.82) is 0 Å². The molecule has 2 saturated heterocycles. The van der Waals surface area contributed by atoms with Crippen molar-refractivity contribution >= 4 is 5.91 Å². The molecule has 1 aromatic carbocycles. The highest BCUT2D eigenvalue weighted by molar-refractivity contribution is 5.80. The highest BCUT2D eigenvalue weighted by Gasteiger charge is 2.31. The van der Waals surface area contributed by atoms with Gasteiger partial charge >= 0.3 is 0 Å². The van der Waals surface area contributed by atoms with E-state index in [1.165, 1.54) is 0 Å². The fourth-order valence-corrected chi connectivity index (χ4v) is 3.22. The van der Waals surface area contributed by atoms with Crippen molar-refractivity contribution in [3.63, 3.8) is 0 Å². The maximum atomic E-state index is 12.3. The summed E-state index contributed by atoms with van der Waals surface area (Å²) >= 11 is 0. The molecule has 4 rings (SSSR count). The molecule has 0 radical (unpaired) electrons. The number of piperazine rings is 1. The second-order valence-electron chi connectivity index (χ2n) is 6.70. The summed E-state index contributed by atoms with van der Waals surface area (Å²) < 4.78 is 10.6. The first-order valence-corrected chi connectivity index (χ1v) is 8.92. The van der Waals surface area contributed by atoms with Gasteiger partial charge in [-0.25, -0.2) is 0 Å². The molecule has 26 heavy (non-hydrogen) atoms. The Morgan fingerprint density at radius 1 is 1.23 bits per heavy atom. The quantitative estimate of drug-likeness (QED) is 0.839. The minimum absolute atomic E-state index is 0.171. The minimum atomic E-state index is 0.171. The highest BCUT2D eigenvalue weighted by Crippen LogP contribution is 2.20. The summed E-state index contributed by atoms with van der Waals surface area (Å²) in [5.41, 5.74) is 0.894. The van der Waals surface area contributed by atoms with Crippen molar-refractivity contribution in [2.75, 3.05) is 46.4 Å². The molecule has 0 bridgehead atoms. The maximum absolute atomic E-state index is 12.3. The predicted molar refractivity (Wildman–Crippen MR) is 94.5 cm³/mol. The Balaban J connectivity index is 1.31. The fraction of sp³-hybridized carbons (Fsp3) is 0.500. The van der Waals surface area contributed by atoms with E-state index >= 15 is 0 Å². The second-order valence-corrected chi connectivity index (χ2v) is 6.70. The van der Waals surface area contributed by atoms with Gasteiger partial charge in [0.25, 0.3) is 0 Å². The number of rotatable bonds is 5. The van der Waals surface area contributed by atoms with Gasteiger partial charge in [0, 0.05) is 44.8 Å². The van der Waals surface area contributed by atoms with E-state index in [0.717, 1.165) is 50.6 Å². The number of ether oxygens (including phenoxy) is 1. The summed E-state index contributed by atoms with van der Waals surface area (Å²) in [6, 6.07) is 7.57. The zero-order chi connectivity index (χ0) is 17.9. The van der Waals surface area contributed by atoms with Gasteiger partial charge in [-0.3, -0.25) is 9.69 Å². The number of methoxy groups -OCH3 is 1. The molecule has 0 saturated carbocycles. The standard InChI is InChI=1S/C18H23N5O3/c1-25-15-4-2-13(3-5-15)17-20-16(26-21-17)12-22-6-8-23(9-7-22)18(24)14-10-19-11-14/h2-5,14,19H,6-12H2,1H3. The number of hydrogen-bond acceptors (Lipinski definition) is 7. The lowest BCUT2D eigenvalue weighted by Crippen LogP contribution is -2.56. The molecular formula is C18H23N5O3. The Labute approximate surface area is 152 Å². The van der Waals surface area contributed by atoms with Gasteiger partial charge in [0.1, 0.15) is 5.75 Å². The Morgan fingerprint density at radius 3 is 2.58 bits per heavy atom. The Kier molecular flexibility index (Phi) is 4.85. The molecule has 2 fully saturated rings. The molecule has 138 valence electrons. The van der Waals surface area contributed by atoms with Crippen LogP contribution in [0, 0.1) is 5.92 Å². The Hall–Kier alpha value is -2.45. The lowest BCUT2D eigenvalue weighted by molar-refractivity contribution is -0.139. The third kappa shape index (κ3) is 3.56. The van der Waals surface area contributed by atoms with E-state index in [4.69, 9.17) is 9.26 Å². The molecule has 0 aliphatic carbocycles. The molecule has 2 aliphatic rings. The average Bonchev–Trinajstić information content (AvgIpc) is 3.09. The fourth-order valence-electron chi connectivity index (χ4n) is 3.22. The molecule has 0 atom stereocenters. The largest absolute Gasteiger partial charge is 0.497 e. The second kappa shape index (κ2) is 7.43. The van der Waals surface area contributed by atoms with Gasteiger partial charge in [0.2, 0.25) is 17.6 Å². The first kappa shape index (κ1) is 17.0. The minimum Gasteiger partial charge on any atom is -0.497 e. The normalized spacial score (nSPS) is 18.6. The number of aromatic nitrogens is 2. The van der Waals surface area contributed by atoms with Crippen LogP contribution in [0.2, 0.25) is 0 Å². The summed E-state index contributed by atoms with van der Waals surface area (Å²) in [7, 11) is 1.64. The van der Waals surface area contributed by atoms with Gasteiger partial charge in [-0.15, -0.1) is 0 Å². The Morgan fingerprint density at radius 2 is 1.96 bits per heavy atom. The molecule has 1 aromatic heterocycles. The maximum Gasteiger partial charge on any atom is 0.241 e. The third-order valence-corrected chi connectivity index (χ3v) is 4.99. The molecule has 3 heterocycles. The molecule has 0 spiro atoms. The van der Waals surface area contributed by atoms with Gasteiger partial charge in [0.15, 0.2) is 0 Å². The highest BCUT2D eigenvalue weighted by atomic mass is 16.5. The van der Waals surface area contributed by atoms with Crippen LogP contribution in [-0.2, 0) is 11.3 Å². The Bertz CT molecular complexity index is 748. The van der Waals surface area contributed by atoms with Crippen molar-refractivity contribution in [3.8, 4) is 17.1 Å². The number of benzene rings is 1. The van der Waals surface area contributed by atoms with Gasteiger partial charge in [0.05, 0.1) is 19.6 Å². The van der Waals surface area contributed by atoms with E-state index in [0.29, 0.717) is 18.3 Å². The number of hydrogen-bond donors (Lipinski definition) is 1. The number of carbonyl (C=O) groups excluding carboxylic acids is 1. The number of nitrogens with one attached hydrogen (secondary N) is 1. The first-order valence-electron chi connectivity index (χ1n) is 8.92. The van der Waals surface area contributed by atoms with Gasteiger partial charge < -0.3 is 19.5 Å². The first-order chi connectivity index (χ1) is 12.7. The summed E-state index contributed by atoms with van der Waals surface area (Å²) in [5.74, 6) is 2.42. The molecule has 1 N–H and O–H groups in total. The zero-order valence-electron chi connectivity index (χ0n) is 14.9. The van der Waals surface area contributed by atoms with Crippen molar-refractivity contribution < 1.29 is 14.1 Å².